The van der Waals surface area contributed by atoms with Crippen molar-refractivity contribution in [2.75, 3.05) is 26.3 Å². The first-order valence-electron chi connectivity index (χ1n) is 6.83. The monoisotopic (exact) mass is 259 g/mol. The van der Waals surface area contributed by atoms with Gasteiger partial charge in [-0.05, 0) is 43.0 Å². The molecule has 2 N–H and O–H groups in total. The Morgan fingerprint density at radius 1 is 1.21 bits per heavy atom. The normalized spacial score (nSPS) is 19.8. The molecule has 1 fully saturated rings. The first-order chi connectivity index (χ1) is 9.31. The molecule has 0 saturated carbocycles. The van der Waals surface area contributed by atoms with Gasteiger partial charge in [0, 0.05) is 25.3 Å². The van der Waals surface area contributed by atoms with Crippen LogP contribution in [0.25, 0.3) is 0 Å². The van der Waals surface area contributed by atoms with E-state index in [2.05, 4.69) is 28.9 Å². The zero-order chi connectivity index (χ0) is 13.5. The molecule has 0 spiro atoms. The molecule has 1 saturated heterocycles. The van der Waals surface area contributed by atoms with Crippen LogP contribution in [0.1, 0.15) is 24.0 Å². The number of hydrogen-bond acceptors (Lipinski definition) is 3. The smallest absolute Gasteiger partial charge is 0.104 e. The molecular weight excluding hydrogens is 238 g/mol. The van der Waals surface area contributed by atoms with Crippen LogP contribution in [0.2, 0.25) is 0 Å². The third-order valence-corrected chi connectivity index (χ3v) is 3.53. The summed E-state index contributed by atoms with van der Waals surface area (Å²) in [5.41, 5.74) is 2.21. The summed E-state index contributed by atoms with van der Waals surface area (Å²) in [6.07, 6.45) is 2.31. The maximum absolute atomic E-state index is 9.23. The van der Waals surface area contributed by atoms with Crippen molar-refractivity contribution in [3.05, 3.63) is 35.4 Å². The lowest BCUT2D eigenvalue weighted by Crippen LogP contribution is -2.36. The van der Waals surface area contributed by atoms with Crippen molar-refractivity contribution in [1.82, 2.24) is 4.90 Å². The zero-order valence-electron chi connectivity index (χ0n) is 11.2. The van der Waals surface area contributed by atoms with Crippen LogP contribution in [-0.2, 0) is 6.54 Å². The van der Waals surface area contributed by atoms with Crippen molar-refractivity contribution < 1.29 is 10.2 Å². The first kappa shape index (κ1) is 14.1. The van der Waals surface area contributed by atoms with E-state index in [1.54, 1.807) is 0 Å². The van der Waals surface area contributed by atoms with Gasteiger partial charge in [0.15, 0.2) is 0 Å². The van der Waals surface area contributed by atoms with E-state index in [1.807, 2.05) is 12.1 Å². The predicted molar refractivity (Wildman–Crippen MR) is 75.5 cm³/mol. The van der Waals surface area contributed by atoms with Gasteiger partial charge >= 0.3 is 0 Å². The summed E-state index contributed by atoms with van der Waals surface area (Å²) in [6, 6.07) is 8.16. The fourth-order valence-corrected chi connectivity index (χ4v) is 2.54. The molecule has 2 rings (SSSR count). The van der Waals surface area contributed by atoms with Gasteiger partial charge in [-0.2, -0.15) is 0 Å². The van der Waals surface area contributed by atoms with Crippen LogP contribution in [-0.4, -0.2) is 41.4 Å². The summed E-state index contributed by atoms with van der Waals surface area (Å²) in [6.45, 7) is 3.24. The fourth-order valence-electron chi connectivity index (χ4n) is 2.54. The molecule has 0 amide bonds. The summed E-state index contributed by atoms with van der Waals surface area (Å²) in [7, 11) is 0. The number of hydrogen-bond donors (Lipinski definition) is 2. The standard InChI is InChI=1S/C16H21NO2/c18-10-2-4-14-5-7-15(8-6-14)11-17-9-1-3-16(12-17)13-19/h5-8,16,18-19H,1,3,9-13H2. The van der Waals surface area contributed by atoms with Crippen LogP contribution in [0.5, 0.6) is 0 Å². The maximum atomic E-state index is 9.23. The van der Waals surface area contributed by atoms with E-state index in [-0.39, 0.29) is 6.61 Å². The third kappa shape index (κ3) is 4.36. The number of aliphatic hydroxyl groups excluding tert-OH is 2. The fraction of sp³-hybridized carbons (Fsp3) is 0.500. The molecule has 1 unspecified atom stereocenters. The number of rotatable bonds is 3. The Morgan fingerprint density at radius 3 is 2.68 bits per heavy atom. The van der Waals surface area contributed by atoms with E-state index in [9.17, 15) is 5.11 Å². The quantitative estimate of drug-likeness (QED) is 0.803. The van der Waals surface area contributed by atoms with E-state index >= 15 is 0 Å². The highest BCUT2D eigenvalue weighted by atomic mass is 16.3. The van der Waals surface area contributed by atoms with Crippen molar-refractivity contribution in [2.24, 2.45) is 5.92 Å². The second kappa shape index (κ2) is 7.30. The molecule has 102 valence electrons. The molecule has 1 atom stereocenters. The highest BCUT2D eigenvalue weighted by Gasteiger charge is 2.18. The second-order valence-corrected chi connectivity index (χ2v) is 5.08. The molecule has 1 aliphatic rings. The Kier molecular flexibility index (Phi) is 5.41. The minimum atomic E-state index is -0.0991. The topological polar surface area (TPSA) is 43.7 Å². The van der Waals surface area contributed by atoms with Gasteiger partial charge < -0.3 is 10.2 Å². The summed E-state index contributed by atoms with van der Waals surface area (Å²) in [5, 5.41) is 17.9. The molecule has 1 heterocycles. The Bertz CT molecular complexity index is 444. The molecule has 0 radical (unpaired) electrons. The van der Waals surface area contributed by atoms with Gasteiger partial charge in [0.25, 0.3) is 0 Å². The molecule has 1 aliphatic heterocycles. The average molecular weight is 259 g/mol. The van der Waals surface area contributed by atoms with Gasteiger partial charge in [-0.25, -0.2) is 0 Å². The highest BCUT2D eigenvalue weighted by Crippen LogP contribution is 2.18. The van der Waals surface area contributed by atoms with Crippen LogP contribution in [0.15, 0.2) is 24.3 Å². The van der Waals surface area contributed by atoms with Gasteiger partial charge in [0.1, 0.15) is 6.61 Å². The van der Waals surface area contributed by atoms with Crippen molar-refractivity contribution in [3.8, 4) is 11.8 Å². The van der Waals surface area contributed by atoms with Gasteiger partial charge in [-0.1, -0.05) is 24.0 Å². The number of likely N-dealkylation sites (tertiary alicyclic amines) is 1. The van der Waals surface area contributed by atoms with Crippen molar-refractivity contribution in [1.29, 1.82) is 0 Å². The second-order valence-electron chi connectivity index (χ2n) is 5.08. The van der Waals surface area contributed by atoms with E-state index in [0.29, 0.717) is 12.5 Å². The van der Waals surface area contributed by atoms with Gasteiger partial charge in [0.05, 0.1) is 0 Å². The van der Waals surface area contributed by atoms with Crippen LogP contribution in [0.4, 0.5) is 0 Å². The molecule has 0 aliphatic carbocycles. The van der Waals surface area contributed by atoms with E-state index < -0.39 is 0 Å². The molecule has 1 aromatic rings. The van der Waals surface area contributed by atoms with E-state index in [4.69, 9.17) is 5.11 Å². The third-order valence-electron chi connectivity index (χ3n) is 3.53. The Morgan fingerprint density at radius 2 is 2.00 bits per heavy atom. The lowest BCUT2D eigenvalue weighted by molar-refractivity contribution is 0.116. The van der Waals surface area contributed by atoms with Gasteiger partial charge in [0.2, 0.25) is 0 Å². The summed E-state index contributed by atoms with van der Waals surface area (Å²) >= 11 is 0. The average Bonchev–Trinajstić information content (AvgIpc) is 2.47. The predicted octanol–water partition coefficient (Wildman–Crippen LogP) is 1.23. The maximum Gasteiger partial charge on any atom is 0.104 e. The van der Waals surface area contributed by atoms with Crippen LogP contribution in [0, 0.1) is 17.8 Å². The first-order valence-corrected chi connectivity index (χ1v) is 6.83. The number of aliphatic hydroxyl groups is 2. The molecule has 3 nitrogen and oxygen atoms in total. The summed E-state index contributed by atoms with van der Waals surface area (Å²) < 4.78 is 0. The van der Waals surface area contributed by atoms with E-state index in [0.717, 1.165) is 31.6 Å². The molecule has 1 aromatic carbocycles. The zero-order valence-corrected chi connectivity index (χ0v) is 11.2. The van der Waals surface area contributed by atoms with Gasteiger partial charge in [-0.15, -0.1) is 0 Å². The Balaban J connectivity index is 1.92. The molecule has 0 bridgehead atoms. The van der Waals surface area contributed by atoms with Crippen LogP contribution >= 0.6 is 0 Å². The molecule has 0 aromatic heterocycles. The van der Waals surface area contributed by atoms with Gasteiger partial charge in [-0.3, -0.25) is 4.90 Å². The van der Waals surface area contributed by atoms with Crippen molar-refractivity contribution in [2.45, 2.75) is 19.4 Å². The number of benzene rings is 1. The summed E-state index contributed by atoms with van der Waals surface area (Å²) in [4.78, 5) is 2.40. The highest BCUT2D eigenvalue weighted by molar-refractivity contribution is 5.36. The molecule has 19 heavy (non-hydrogen) atoms. The Hall–Kier alpha value is -1.34. The Labute approximate surface area is 114 Å². The minimum Gasteiger partial charge on any atom is -0.396 e. The lowest BCUT2D eigenvalue weighted by Gasteiger charge is -2.31. The summed E-state index contributed by atoms with van der Waals surface area (Å²) in [5.74, 6) is 5.97. The SMILES string of the molecule is OCC#Cc1ccc(CN2CCCC(CO)C2)cc1. The largest absolute Gasteiger partial charge is 0.396 e. The molecule has 3 heteroatoms. The van der Waals surface area contributed by atoms with Crippen molar-refractivity contribution >= 4 is 0 Å². The van der Waals surface area contributed by atoms with E-state index in [1.165, 1.54) is 12.0 Å². The van der Waals surface area contributed by atoms with Crippen molar-refractivity contribution in [3.63, 3.8) is 0 Å². The van der Waals surface area contributed by atoms with Crippen LogP contribution < -0.4 is 0 Å². The minimum absolute atomic E-state index is 0.0991. The van der Waals surface area contributed by atoms with Crippen LogP contribution in [0.3, 0.4) is 0 Å². The molecular formula is C16H21NO2. The number of piperidine rings is 1. The number of nitrogens with zero attached hydrogens (tertiary/aromatic N) is 1. The lowest BCUT2D eigenvalue weighted by atomic mass is 9.98.